The molecule has 2 amide bonds. The lowest BCUT2D eigenvalue weighted by molar-refractivity contribution is -0.145. The van der Waals surface area contributed by atoms with Crippen LogP contribution in [0, 0.1) is 0 Å². The Balaban J connectivity index is 3.90. The van der Waals surface area contributed by atoms with Crippen LogP contribution in [0.2, 0.25) is 0 Å². The van der Waals surface area contributed by atoms with Crippen molar-refractivity contribution in [2.24, 2.45) is 0 Å². The van der Waals surface area contributed by atoms with E-state index in [4.69, 9.17) is 4.74 Å². The van der Waals surface area contributed by atoms with E-state index >= 15 is 0 Å². The molecule has 0 aromatic carbocycles. The van der Waals surface area contributed by atoms with Gasteiger partial charge >= 0.3 is 12.0 Å². The molecule has 0 radical (unpaired) electrons. The van der Waals surface area contributed by atoms with E-state index in [1.165, 1.54) is 4.90 Å². The lowest BCUT2D eigenvalue weighted by Gasteiger charge is -2.17. The molecule has 0 saturated carbocycles. The molecule has 1 atom stereocenters. The topological polar surface area (TPSA) is 70.7 Å². The van der Waals surface area contributed by atoms with Gasteiger partial charge in [0.15, 0.2) is 0 Å². The predicted octanol–water partition coefficient (Wildman–Crippen LogP) is 0.579. The van der Waals surface area contributed by atoms with Gasteiger partial charge in [0.25, 0.3) is 0 Å². The van der Waals surface area contributed by atoms with Crippen LogP contribution < -0.4 is 10.6 Å². The molecular formula is C12H25N3O3. The van der Waals surface area contributed by atoms with Crippen molar-refractivity contribution < 1.29 is 14.3 Å². The van der Waals surface area contributed by atoms with Crippen LogP contribution >= 0.6 is 0 Å². The van der Waals surface area contributed by atoms with Crippen molar-refractivity contribution in [3.05, 3.63) is 0 Å². The predicted molar refractivity (Wildman–Crippen MR) is 70.4 cm³/mol. The number of carbonyl (C=O) groups is 2. The smallest absolute Gasteiger partial charge is 0.323 e. The molecule has 0 saturated heterocycles. The number of amides is 2. The van der Waals surface area contributed by atoms with Gasteiger partial charge in [-0.25, -0.2) is 4.79 Å². The molecule has 6 heteroatoms. The quantitative estimate of drug-likeness (QED) is 0.494. The molecule has 0 bridgehead atoms. The molecule has 6 nitrogen and oxygen atoms in total. The van der Waals surface area contributed by atoms with E-state index < -0.39 is 0 Å². The molecule has 0 rings (SSSR count). The molecule has 2 N–H and O–H groups in total. The summed E-state index contributed by atoms with van der Waals surface area (Å²) in [4.78, 5) is 24.3. The second-order valence-corrected chi connectivity index (χ2v) is 4.17. The van der Waals surface area contributed by atoms with Gasteiger partial charge in [-0.1, -0.05) is 13.3 Å². The number of urea groups is 1. The normalized spacial score (nSPS) is 11.8. The zero-order chi connectivity index (χ0) is 14.0. The van der Waals surface area contributed by atoms with Gasteiger partial charge in [0.2, 0.25) is 0 Å². The Labute approximate surface area is 109 Å². The summed E-state index contributed by atoms with van der Waals surface area (Å²) in [5, 5.41) is 5.81. The summed E-state index contributed by atoms with van der Waals surface area (Å²) in [7, 11) is 3.36. The van der Waals surface area contributed by atoms with Crippen molar-refractivity contribution in [1.82, 2.24) is 15.5 Å². The van der Waals surface area contributed by atoms with Gasteiger partial charge in [0, 0.05) is 27.2 Å². The van der Waals surface area contributed by atoms with Crippen LogP contribution in [0.5, 0.6) is 0 Å². The number of hydrogen-bond donors (Lipinski definition) is 2. The summed E-state index contributed by atoms with van der Waals surface area (Å²) < 4.78 is 4.98. The lowest BCUT2D eigenvalue weighted by atomic mass is 10.1. The van der Waals surface area contributed by atoms with Crippen LogP contribution in [0.15, 0.2) is 0 Å². The summed E-state index contributed by atoms with van der Waals surface area (Å²) in [5.74, 6) is -0.224. The zero-order valence-electron chi connectivity index (χ0n) is 11.8. The van der Waals surface area contributed by atoms with Crippen LogP contribution in [0.1, 0.15) is 26.7 Å². The highest BCUT2D eigenvalue weighted by Gasteiger charge is 2.17. The van der Waals surface area contributed by atoms with Crippen molar-refractivity contribution in [3.8, 4) is 0 Å². The summed E-state index contributed by atoms with van der Waals surface area (Å²) in [6.07, 6.45) is 1.64. The lowest BCUT2D eigenvalue weighted by Crippen LogP contribution is -2.43. The maximum atomic E-state index is 11.6. The van der Waals surface area contributed by atoms with E-state index in [0.717, 1.165) is 12.8 Å². The first-order chi connectivity index (χ1) is 8.52. The highest BCUT2D eigenvalue weighted by molar-refractivity contribution is 5.75. The number of nitrogens with zero attached hydrogens (tertiary/aromatic N) is 1. The third-order valence-electron chi connectivity index (χ3n) is 2.35. The zero-order valence-corrected chi connectivity index (χ0v) is 11.8. The summed E-state index contributed by atoms with van der Waals surface area (Å²) in [6.45, 7) is 5.22. The summed E-state index contributed by atoms with van der Waals surface area (Å²) in [5.41, 5.74) is 0. The summed E-state index contributed by atoms with van der Waals surface area (Å²) >= 11 is 0. The van der Waals surface area contributed by atoms with Gasteiger partial charge in [0.05, 0.1) is 6.61 Å². The Morgan fingerprint density at radius 1 is 1.22 bits per heavy atom. The van der Waals surface area contributed by atoms with Crippen molar-refractivity contribution in [1.29, 1.82) is 0 Å². The second-order valence-electron chi connectivity index (χ2n) is 4.17. The molecule has 0 spiro atoms. The molecule has 18 heavy (non-hydrogen) atoms. The number of carbonyl (C=O) groups excluding carboxylic acids is 2. The van der Waals surface area contributed by atoms with Crippen LogP contribution in [0.3, 0.4) is 0 Å². The SMILES string of the molecule is CCCC(NCCNC(=O)N(C)C)C(=O)OCC. The monoisotopic (exact) mass is 259 g/mol. The Bertz CT molecular complexity index is 257. The number of nitrogens with one attached hydrogen (secondary N) is 2. The Kier molecular flexibility index (Phi) is 9.00. The number of ether oxygens (including phenoxy) is 1. The van der Waals surface area contributed by atoms with Crippen LogP contribution in [0.4, 0.5) is 4.79 Å². The van der Waals surface area contributed by atoms with Crippen molar-refractivity contribution in [3.63, 3.8) is 0 Å². The Morgan fingerprint density at radius 3 is 2.39 bits per heavy atom. The van der Waals surface area contributed by atoms with E-state index in [1.807, 2.05) is 6.92 Å². The molecule has 0 aliphatic rings. The van der Waals surface area contributed by atoms with E-state index in [0.29, 0.717) is 19.7 Å². The fraction of sp³-hybridized carbons (Fsp3) is 0.833. The molecular weight excluding hydrogens is 234 g/mol. The van der Waals surface area contributed by atoms with Crippen LogP contribution in [0.25, 0.3) is 0 Å². The van der Waals surface area contributed by atoms with E-state index in [9.17, 15) is 9.59 Å². The first-order valence-electron chi connectivity index (χ1n) is 6.38. The third kappa shape index (κ3) is 7.11. The number of hydrogen-bond acceptors (Lipinski definition) is 4. The van der Waals surface area contributed by atoms with Gasteiger partial charge in [-0.05, 0) is 13.3 Å². The highest BCUT2D eigenvalue weighted by atomic mass is 16.5. The fourth-order valence-electron chi connectivity index (χ4n) is 1.41. The third-order valence-corrected chi connectivity index (χ3v) is 2.35. The molecule has 0 aliphatic heterocycles. The van der Waals surface area contributed by atoms with E-state index in [-0.39, 0.29) is 18.0 Å². The van der Waals surface area contributed by atoms with E-state index in [2.05, 4.69) is 10.6 Å². The van der Waals surface area contributed by atoms with Gasteiger partial charge in [-0.2, -0.15) is 0 Å². The maximum absolute atomic E-state index is 11.6. The number of rotatable bonds is 8. The Morgan fingerprint density at radius 2 is 1.89 bits per heavy atom. The van der Waals surface area contributed by atoms with Crippen molar-refractivity contribution in [2.75, 3.05) is 33.8 Å². The van der Waals surface area contributed by atoms with E-state index in [1.54, 1.807) is 21.0 Å². The Hall–Kier alpha value is -1.30. The minimum atomic E-state index is -0.286. The van der Waals surface area contributed by atoms with Gasteiger partial charge in [-0.15, -0.1) is 0 Å². The molecule has 0 fully saturated rings. The van der Waals surface area contributed by atoms with Gasteiger partial charge in [-0.3, -0.25) is 4.79 Å². The highest BCUT2D eigenvalue weighted by Crippen LogP contribution is 1.99. The van der Waals surface area contributed by atoms with Gasteiger partial charge < -0.3 is 20.3 Å². The largest absolute Gasteiger partial charge is 0.465 e. The van der Waals surface area contributed by atoms with Crippen molar-refractivity contribution in [2.45, 2.75) is 32.7 Å². The van der Waals surface area contributed by atoms with Crippen LogP contribution in [-0.2, 0) is 9.53 Å². The molecule has 0 aliphatic carbocycles. The molecule has 0 aromatic rings. The first-order valence-corrected chi connectivity index (χ1v) is 6.38. The van der Waals surface area contributed by atoms with Gasteiger partial charge in [0.1, 0.15) is 6.04 Å². The summed E-state index contributed by atoms with van der Waals surface area (Å²) in [6, 6.07) is -0.425. The number of esters is 1. The molecule has 0 aromatic heterocycles. The second kappa shape index (κ2) is 9.70. The average molecular weight is 259 g/mol. The minimum Gasteiger partial charge on any atom is -0.465 e. The fourth-order valence-corrected chi connectivity index (χ4v) is 1.41. The average Bonchev–Trinajstić information content (AvgIpc) is 2.32. The minimum absolute atomic E-state index is 0.139. The molecule has 106 valence electrons. The molecule has 1 unspecified atom stereocenters. The standard InChI is InChI=1S/C12H25N3O3/c1-5-7-10(11(16)18-6-2)13-8-9-14-12(17)15(3)4/h10,13H,5-9H2,1-4H3,(H,14,17). The van der Waals surface area contributed by atoms with Crippen molar-refractivity contribution >= 4 is 12.0 Å². The first kappa shape index (κ1) is 16.7. The maximum Gasteiger partial charge on any atom is 0.323 e. The molecule has 0 heterocycles. The van der Waals surface area contributed by atoms with Crippen LogP contribution in [-0.4, -0.2) is 56.7 Å².